The highest BCUT2D eigenvalue weighted by molar-refractivity contribution is 7.98. The summed E-state index contributed by atoms with van der Waals surface area (Å²) in [5.41, 5.74) is 4.09. The third-order valence-corrected chi connectivity index (χ3v) is 6.09. The van der Waals surface area contributed by atoms with Crippen molar-refractivity contribution in [2.75, 3.05) is 0 Å². The van der Waals surface area contributed by atoms with Gasteiger partial charge in [0.25, 0.3) is 0 Å². The van der Waals surface area contributed by atoms with E-state index < -0.39 is 0 Å². The van der Waals surface area contributed by atoms with E-state index in [0.717, 1.165) is 27.8 Å². The van der Waals surface area contributed by atoms with Gasteiger partial charge in [0.2, 0.25) is 11.7 Å². The average molecular weight is 455 g/mol. The molecule has 0 aliphatic rings. The quantitative estimate of drug-likeness (QED) is 0.288. The Balaban J connectivity index is 1.50. The third kappa shape index (κ3) is 4.42. The van der Waals surface area contributed by atoms with Crippen LogP contribution in [0.1, 0.15) is 31.2 Å². The Hall–Kier alpha value is -3.78. The van der Waals surface area contributed by atoms with Crippen LogP contribution in [0, 0.1) is 0 Å². The van der Waals surface area contributed by atoms with Crippen molar-refractivity contribution in [3.8, 4) is 28.5 Å². The highest BCUT2D eigenvalue weighted by atomic mass is 32.2. The van der Waals surface area contributed by atoms with Gasteiger partial charge in [-0.15, -0.1) is 10.2 Å². The number of hydrogen-bond acceptors (Lipinski definition) is 7. The maximum absolute atomic E-state index is 5.49. The zero-order valence-corrected chi connectivity index (χ0v) is 19.1. The van der Waals surface area contributed by atoms with Gasteiger partial charge in [0.15, 0.2) is 11.0 Å². The summed E-state index contributed by atoms with van der Waals surface area (Å²) in [6.45, 7) is 4.37. The summed E-state index contributed by atoms with van der Waals surface area (Å²) >= 11 is 1.51. The number of aromatic nitrogens is 6. The second-order valence-corrected chi connectivity index (χ2v) is 8.71. The molecule has 0 radical (unpaired) electrons. The molecule has 0 bridgehead atoms. The van der Waals surface area contributed by atoms with Crippen LogP contribution in [0.4, 0.5) is 0 Å². The van der Waals surface area contributed by atoms with E-state index in [4.69, 9.17) is 4.52 Å². The van der Waals surface area contributed by atoms with Crippen molar-refractivity contribution < 1.29 is 4.52 Å². The molecule has 0 aliphatic carbocycles. The van der Waals surface area contributed by atoms with Gasteiger partial charge in [0.05, 0.1) is 11.4 Å². The van der Waals surface area contributed by atoms with Crippen LogP contribution in [0.5, 0.6) is 0 Å². The van der Waals surface area contributed by atoms with E-state index in [1.165, 1.54) is 17.3 Å². The van der Waals surface area contributed by atoms with E-state index in [0.29, 0.717) is 23.4 Å². The fraction of sp³-hybridized carbons (Fsp3) is 0.160. The fourth-order valence-electron chi connectivity index (χ4n) is 3.59. The monoisotopic (exact) mass is 454 g/mol. The standard InChI is InChI=1S/C25H22N6OS/c1-17(2)20-12-6-7-13-21(20)31-24(19-11-8-14-26-15-19)28-29-25(31)33-16-22-27-23(30-32-22)18-9-4-3-5-10-18/h3-15,17H,16H2,1-2H3. The minimum absolute atomic E-state index is 0.340. The van der Waals surface area contributed by atoms with Crippen molar-refractivity contribution in [1.82, 2.24) is 29.9 Å². The van der Waals surface area contributed by atoms with Crippen LogP contribution in [-0.2, 0) is 5.75 Å². The molecule has 2 aromatic carbocycles. The van der Waals surface area contributed by atoms with Gasteiger partial charge < -0.3 is 4.52 Å². The smallest absolute Gasteiger partial charge is 0.237 e. The lowest BCUT2D eigenvalue weighted by Gasteiger charge is -2.16. The predicted molar refractivity (Wildman–Crippen MR) is 128 cm³/mol. The summed E-state index contributed by atoms with van der Waals surface area (Å²) in [6, 6.07) is 22.0. The molecule has 0 N–H and O–H groups in total. The second kappa shape index (κ2) is 9.38. The first kappa shape index (κ1) is 21.1. The molecule has 0 amide bonds. The largest absolute Gasteiger partial charge is 0.338 e. The number of rotatable bonds is 7. The van der Waals surface area contributed by atoms with E-state index in [2.05, 4.69) is 61.9 Å². The lowest BCUT2D eigenvalue weighted by atomic mass is 10.0. The molecule has 5 aromatic rings. The maximum Gasteiger partial charge on any atom is 0.237 e. The van der Waals surface area contributed by atoms with Gasteiger partial charge in [-0.25, -0.2) is 0 Å². The van der Waals surface area contributed by atoms with Crippen LogP contribution in [0.15, 0.2) is 88.8 Å². The highest BCUT2D eigenvalue weighted by Crippen LogP contribution is 2.33. The normalized spacial score (nSPS) is 11.2. The number of nitrogens with zero attached hydrogens (tertiary/aromatic N) is 6. The molecule has 3 heterocycles. The van der Waals surface area contributed by atoms with E-state index >= 15 is 0 Å². The lowest BCUT2D eigenvalue weighted by molar-refractivity contribution is 0.391. The van der Waals surface area contributed by atoms with E-state index in [1.807, 2.05) is 48.5 Å². The Morgan fingerprint density at radius 1 is 0.909 bits per heavy atom. The van der Waals surface area contributed by atoms with Crippen molar-refractivity contribution in [1.29, 1.82) is 0 Å². The average Bonchev–Trinajstić information content (AvgIpc) is 3.51. The van der Waals surface area contributed by atoms with Gasteiger partial charge in [-0.05, 0) is 29.7 Å². The first-order valence-electron chi connectivity index (χ1n) is 10.7. The van der Waals surface area contributed by atoms with Crippen LogP contribution in [0.25, 0.3) is 28.5 Å². The van der Waals surface area contributed by atoms with Gasteiger partial charge in [-0.2, -0.15) is 4.98 Å². The summed E-state index contributed by atoms with van der Waals surface area (Å²) in [5.74, 6) is 2.68. The zero-order valence-electron chi connectivity index (χ0n) is 18.3. The molecule has 7 nitrogen and oxygen atoms in total. The van der Waals surface area contributed by atoms with Gasteiger partial charge in [0.1, 0.15) is 0 Å². The summed E-state index contributed by atoms with van der Waals surface area (Å²) in [5, 5.41) is 13.9. The first-order chi connectivity index (χ1) is 16.2. The molecule has 33 heavy (non-hydrogen) atoms. The summed E-state index contributed by atoms with van der Waals surface area (Å²) in [4.78, 5) is 8.81. The molecule has 3 aromatic heterocycles. The molecule has 0 saturated carbocycles. The first-order valence-corrected chi connectivity index (χ1v) is 11.6. The van der Waals surface area contributed by atoms with Gasteiger partial charge >= 0.3 is 0 Å². The summed E-state index contributed by atoms with van der Waals surface area (Å²) < 4.78 is 7.58. The van der Waals surface area contributed by atoms with E-state index in [1.54, 1.807) is 12.4 Å². The Morgan fingerprint density at radius 2 is 1.70 bits per heavy atom. The minimum atomic E-state index is 0.340. The maximum atomic E-state index is 5.49. The molecular weight excluding hydrogens is 432 g/mol. The van der Waals surface area contributed by atoms with E-state index in [-0.39, 0.29) is 0 Å². The van der Waals surface area contributed by atoms with Crippen molar-refractivity contribution in [2.45, 2.75) is 30.7 Å². The van der Waals surface area contributed by atoms with Crippen LogP contribution in [0.2, 0.25) is 0 Å². The van der Waals surface area contributed by atoms with Crippen LogP contribution < -0.4 is 0 Å². The number of para-hydroxylation sites is 1. The Labute approximate surface area is 195 Å². The SMILES string of the molecule is CC(C)c1ccccc1-n1c(SCc2nc(-c3ccccc3)no2)nnc1-c1cccnc1. The highest BCUT2D eigenvalue weighted by Gasteiger charge is 2.20. The fourth-order valence-corrected chi connectivity index (χ4v) is 4.37. The molecule has 8 heteroatoms. The Morgan fingerprint density at radius 3 is 2.48 bits per heavy atom. The van der Waals surface area contributed by atoms with Crippen LogP contribution in [0.3, 0.4) is 0 Å². The van der Waals surface area contributed by atoms with E-state index in [9.17, 15) is 0 Å². The van der Waals surface area contributed by atoms with Crippen molar-refractivity contribution in [3.63, 3.8) is 0 Å². The third-order valence-electron chi connectivity index (χ3n) is 5.18. The van der Waals surface area contributed by atoms with Crippen LogP contribution >= 0.6 is 11.8 Å². The molecule has 0 unspecified atom stereocenters. The van der Waals surface area contributed by atoms with Gasteiger partial charge in [-0.3, -0.25) is 9.55 Å². The number of benzene rings is 2. The lowest BCUT2D eigenvalue weighted by Crippen LogP contribution is -2.05. The van der Waals surface area contributed by atoms with Crippen LogP contribution in [-0.4, -0.2) is 29.9 Å². The van der Waals surface area contributed by atoms with Crippen molar-refractivity contribution >= 4 is 11.8 Å². The Kier molecular flexibility index (Phi) is 5.99. The molecule has 0 saturated heterocycles. The van der Waals surface area contributed by atoms with Crippen molar-refractivity contribution in [3.05, 3.63) is 90.6 Å². The molecule has 0 spiro atoms. The Bertz CT molecular complexity index is 1350. The van der Waals surface area contributed by atoms with Gasteiger partial charge in [0, 0.05) is 23.5 Å². The minimum Gasteiger partial charge on any atom is -0.338 e. The molecule has 5 rings (SSSR count). The number of hydrogen-bond donors (Lipinski definition) is 0. The summed E-state index contributed by atoms with van der Waals surface area (Å²) in [6.07, 6.45) is 3.55. The molecule has 0 fully saturated rings. The van der Waals surface area contributed by atoms with Gasteiger partial charge in [-0.1, -0.05) is 79.3 Å². The molecular formula is C25H22N6OS. The topological polar surface area (TPSA) is 82.5 Å². The molecule has 0 aliphatic heterocycles. The zero-order chi connectivity index (χ0) is 22.6. The number of thioether (sulfide) groups is 1. The second-order valence-electron chi connectivity index (χ2n) is 7.76. The molecule has 164 valence electrons. The molecule has 0 atom stereocenters. The summed E-state index contributed by atoms with van der Waals surface area (Å²) in [7, 11) is 0. The van der Waals surface area contributed by atoms with Crippen molar-refractivity contribution in [2.24, 2.45) is 0 Å². The predicted octanol–water partition coefficient (Wildman–Crippen LogP) is 5.80. The number of pyridine rings is 1.